The average molecular weight is 471 g/mol. The van der Waals surface area contributed by atoms with Crippen molar-refractivity contribution < 1.29 is 24.6 Å². The summed E-state index contributed by atoms with van der Waals surface area (Å²) in [5.41, 5.74) is 5.83. The quantitative estimate of drug-likeness (QED) is 0.387. The highest BCUT2D eigenvalue weighted by Gasteiger charge is 2.44. The number of aliphatic carboxylic acids is 1. The second kappa shape index (κ2) is 8.95. The minimum atomic E-state index is -1.03. The Balaban J connectivity index is 1.64. The molecule has 0 radical (unpaired) electrons. The number of carbonyl (C=O) groups excluding carboxylic acids is 2. The third kappa shape index (κ3) is 3.74. The predicted molar refractivity (Wildman–Crippen MR) is 134 cm³/mol. The number of carboxylic acids is 1. The molecule has 2 N–H and O–H groups in total. The van der Waals surface area contributed by atoms with Crippen molar-refractivity contribution >= 4 is 23.1 Å². The molecule has 5 rings (SSSR count). The summed E-state index contributed by atoms with van der Waals surface area (Å²) in [6.07, 6.45) is 7.60. The van der Waals surface area contributed by atoms with Gasteiger partial charge in [0.25, 0.3) is 0 Å². The van der Waals surface area contributed by atoms with Crippen LogP contribution in [-0.4, -0.2) is 27.7 Å². The summed E-state index contributed by atoms with van der Waals surface area (Å²) in [5.74, 6) is -0.726. The van der Waals surface area contributed by atoms with Crippen molar-refractivity contribution in [2.75, 3.05) is 0 Å². The van der Waals surface area contributed by atoms with Crippen LogP contribution in [-0.2, 0) is 9.59 Å². The molecule has 5 heteroatoms. The van der Waals surface area contributed by atoms with E-state index in [0.717, 1.165) is 36.0 Å². The molecule has 180 valence electrons. The van der Waals surface area contributed by atoms with Crippen molar-refractivity contribution in [2.24, 2.45) is 11.8 Å². The first-order chi connectivity index (χ1) is 16.8. The summed E-state index contributed by atoms with van der Waals surface area (Å²) in [7, 11) is 0. The number of aliphatic hydroxyl groups excluding tert-OH is 1. The first kappa shape index (κ1) is 23.3. The number of hydrogen-bond donors (Lipinski definition) is 2. The normalized spacial score (nSPS) is 24.2. The third-order valence-corrected chi connectivity index (χ3v) is 7.95. The topological polar surface area (TPSA) is 91.7 Å². The van der Waals surface area contributed by atoms with E-state index >= 15 is 0 Å². The van der Waals surface area contributed by atoms with Crippen molar-refractivity contribution in [1.82, 2.24) is 0 Å². The van der Waals surface area contributed by atoms with E-state index in [1.807, 2.05) is 37.3 Å². The molecule has 2 atom stereocenters. The van der Waals surface area contributed by atoms with Crippen LogP contribution in [0.25, 0.3) is 16.7 Å². The highest BCUT2D eigenvalue weighted by molar-refractivity contribution is 6.41. The number of carboxylic acid groups (broad SMARTS) is 1. The number of ketones is 2. The first-order valence-electron chi connectivity index (χ1n) is 12.5. The van der Waals surface area contributed by atoms with Gasteiger partial charge >= 0.3 is 5.97 Å². The van der Waals surface area contributed by atoms with Crippen molar-refractivity contribution in [1.29, 1.82) is 0 Å². The number of rotatable bonds is 5. The summed E-state index contributed by atoms with van der Waals surface area (Å²) >= 11 is 0. The summed E-state index contributed by atoms with van der Waals surface area (Å²) in [5, 5.41) is 20.4. The van der Waals surface area contributed by atoms with Crippen LogP contribution >= 0.6 is 0 Å². The van der Waals surface area contributed by atoms with Gasteiger partial charge in [-0.2, -0.15) is 0 Å². The monoisotopic (exact) mass is 470 g/mol. The SMILES string of the molecule is CC1=CC2CCCCCC2C1=C1C(=O)C(c2c3cccccc-3c(C(=O)CCC(=O)O)c2C)=C1O. The van der Waals surface area contributed by atoms with Gasteiger partial charge in [-0.25, -0.2) is 0 Å². The zero-order chi connectivity index (χ0) is 24.9. The highest BCUT2D eigenvalue weighted by atomic mass is 16.4. The molecule has 0 aromatic carbocycles. The Labute approximate surface area is 205 Å². The summed E-state index contributed by atoms with van der Waals surface area (Å²) in [6, 6.07) is 9.18. The number of Topliss-reactive ketones (excluding diaryl/α,β-unsaturated/α-hetero) is 2. The van der Waals surface area contributed by atoms with Gasteiger partial charge in [0, 0.05) is 17.5 Å². The fourth-order valence-electron chi connectivity index (χ4n) is 6.40. The van der Waals surface area contributed by atoms with Gasteiger partial charge in [0.15, 0.2) is 5.78 Å². The van der Waals surface area contributed by atoms with Gasteiger partial charge < -0.3 is 10.2 Å². The smallest absolute Gasteiger partial charge is 0.303 e. The number of fused-ring (bicyclic) bond motifs is 2. The molecule has 1 fully saturated rings. The Morgan fingerprint density at radius 2 is 1.66 bits per heavy atom. The van der Waals surface area contributed by atoms with Gasteiger partial charge in [0.05, 0.1) is 17.6 Å². The molecule has 0 bridgehead atoms. The minimum absolute atomic E-state index is 0.0219. The van der Waals surface area contributed by atoms with Crippen molar-refractivity contribution in [3.63, 3.8) is 0 Å². The van der Waals surface area contributed by atoms with Crippen LogP contribution in [0.3, 0.4) is 0 Å². The summed E-state index contributed by atoms with van der Waals surface area (Å²) in [6.45, 7) is 3.82. The van der Waals surface area contributed by atoms with Crippen molar-refractivity contribution in [3.05, 3.63) is 75.6 Å². The molecule has 0 aliphatic heterocycles. The number of allylic oxidation sites excluding steroid dienone is 5. The second-order valence-electron chi connectivity index (χ2n) is 10.0. The van der Waals surface area contributed by atoms with Crippen molar-refractivity contribution in [2.45, 2.75) is 58.8 Å². The van der Waals surface area contributed by atoms with Crippen LogP contribution in [0.1, 0.15) is 73.4 Å². The van der Waals surface area contributed by atoms with Crippen LogP contribution in [0, 0.1) is 18.8 Å². The van der Waals surface area contributed by atoms with E-state index in [1.165, 1.54) is 12.8 Å². The van der Waals surface area contributed by atoms with Crippen LogP contribution in [0.15, 0.2) is 58.9 Å². The lowest BCUT2D eigenvalue weighted by Crippen LogP contribution is -2.25. The fourth-order valence-corrected chi connectivity index (χ4v) is 6.40. The van der Waals surface area contributed by atoms with Crippen LogP contribution in [0.2, 0.25) is 0 Å². The number of carbonyl (C=O) groups is 3. The van der Waals surface area contributed by atoms with Gasteiger partial charge in [-0.15, -0.1) is 0 Å². The largest absolute Gasteiger partial charge is 0.506 e. The van der Waals surface area contributed by atoms with E-state index in [-0.39, 0.29) is 41.7 Å². The lowest BCUT2D eigenvalue weighted by molar-refractivity contribution is -0.137. The molecule has 0 saturated heterocycles. The first-order valence-corrected chi connectivity index (χ1v) is 12.5. The Kier molecular flexibility index (Phi) is 5.96. The van der Waals surface area contributed by atoms with Gasteiger partial charge in [-0.05, 0) is 60.8 Å². The van der Waals surface area contributed by atoms with Crippen LogP contribution in [0.4, 0.5) is 0 Å². The predicted octanol–water partition coefficient (Wildman–Crippen LogP) is 6.45. The molecule has 0 heterocycles. The Morgan fingerprint density at radius 1 is 0.943 bits per heavy atom. The minimum Gasteiger partial charge on any atom is -0.506 e. The van der Waals surface area contributed by atoms with Crippen LogP contribution < -0.4 is 0 Å². The van der Waals surface area contributed by atoms with Gasteiger partial charge in [-0.1, -0.05) is 61.2 Å². The average Bonchev–Trinajstić information content (AvgIpc) is 3.06. The summed E-state index contributed by atoms with van der Waals surface area (Å²) < 4.78 is 0. The molecule has 0 spiro atoms. The van der Waals surface area contributed by atoms with Gasteiger partial charge in [0.2, 0.25) is 5.78 Å². The third-order valence-electron chi connectivity index (χ3n) is 7.95. The van der Waals surface area contributed by atoms with E-state index in [0.29, 0.717) is 33.7 Å². The van der Waals surface area contributed by atoms with E-state index in [4.69, 9.17) is 5.11 Å². The second-order valence-corrected chi connectivity index (χ2v) is 10.0. The van der Waals surface area contributed by atoms with Gasteiger partial charge in [-0.3, -0.25) is 14.4 Å². The lowest BCUT2D eigenvalue weighted by Gasteiger charge is -2.28. The molecule has 0 amide bonds. The Hall–Kier alpha value is -3.47. The molecule has 5 aliphatic carbocycles. The maximum absolute atomic E-state index is 13.7. The van der Waals surface area contributed by atoms with E-state index in [1.54, 1.807) is 6.92 Å². The molecule has 2 unspecified atom stereocenters. The fraction of sp³-hybridized carbons (Fsp3) is 0.367. The molecule has 5 nitrogen and oxygen atoms in total. The van der Waals surface area contributed by atoms with Crippen molar-refractivity contribution in [3.8, 4) is 11.1 Å². The molecule has 0 aromatic heterocycles. The van der Waals surface area contributed by atoms with E-state index in [9.17, 15) is 19.5 Å². The molecule has 35 heavy (non-hydrogen) atoms. The molecule has 0 aromatic rings. The molecule has 1 saturated carbocycles. The summed E-state index contributed by atoms with van der Waals surface area (Å²) in [4.78, 5) is 37.8. The Bertz CT molecular complexity index is 1320. The Morgan fingerprint density at radius 3 is 2.37 bits per heavy atom. The molecule has 5 aliphatic rings. The number of aliphatic hydroxyl groups is 1. The lowest BCUT2D eigenvalue weighted by atomic mass is 9.75. The maximum Gasteiger partial charge on any atom is 0.303 e. The molecular weight excluding hydrogens is 440 g/mol. The standard InChI is InChI=1S/C30H30O5/c1-16-15-18-9-5-3-6-10-19(18)24(16)27-29(34)28(30(27)35)26-17(2)25(22(31)13-14-23(32)33)20-11-7-4-8-12-21(20)26/h4,7-8,11-12,15,18-19,34H,3,5-6,9-10,13-14H2,1-2H3,(H,32,33). The van der Waals surface area contributed by atoms with E-state index in [2.05, 4.69) is 6.08 Å². The van der Waals surface area contributed by atoms with Gasteiger partial charge in [0.1, 0.15) is 5.76 Å². The zero-order valence-corrected chi connectivity index (χ0v) is 20.2. The zero-order valence-electron chi connectivity index (χ0n) is 20.2. The van der Waals surface area contributed by atoms with Crippen LogP contribution in [0.5, 0.6) is 0 Å². The number of hydrogen-bond acceptors (Lipinski definition) is 4. The van der Waals surface area contributed by atoms with E-state index < -0.39 is 5.97 Å². The maximum atomic E-state index is 13.7. The highest BCUT2D eigenvalue weighted by Crippen LogP contribution is 2.52. The molecular formula is C30H30O5.